The molecule has 0 spiro atoms. The van der Waals surface area contributed by atoms with Gasteiger partial charge in [-0.25, -0.2) is 0 Å². The standard InChI is InChI=1S/C13H10O4/c1-8(14)17-7-10-11(13(16)12(10)15)9-5-3-2-4-6-9/h2-6H,7H2,1H3. The third-order valence-electron chi connectivity index (χ3n) is 2.49. The van der Waals surface area contributed by atoms with Crippen molar-refractivity contribution in [3.8, 4) is 11.1 Å². The average molecular weight is 230 g/mol. The molecule has 0 fully saturated rings. The number of carbonyl (C=O) groups excluding carboxylic acids is 1. The molecule has 0 amide bonds. The van der Waals surface area contributed by atoms with Crippen LogP contribution in [-0.2, 0) is 16.1 Å². The first-order valence-corrected chi connectivity index (χ1v) is 5.12. The topological polar surface area (TPSA) is 60.4 Å². The summed E-state index contributed by atoms with van der Waals surface area (Å²) in [7, 11) is 0. The molecule has 0 radical (unpaired) electrons. The molecular formula is C13H10O4. The smallest absolute Gasteiger partial charge is 0.302 e. The fourth-order valence-electron chi connectivity index (χ4n) is 1.66. The Labute approximate surface area is 97.2 Å². The number of hydrogen-bond acceptors (Lipinski definition) is 4. The van der Waals surface area contributed by atoms with Gasteiger partial charge in [0.25, 0.3) is 0 Å². The van der Waals surface area contributed by atoms with Crippen molar-refractivity contribution in [2.45, 2.75) is 13.5 Å². The van der Waals surface area contributed by atoms with Gasteiger partial charge in [-0.15, -0.1) is 0 Å². The minimum atomic E-state index is -0.565. The molecule has 0 aliphatic heterocycles. The summed E-state index contributed by atoms with van der Waals surface area (Å²) in [5, 5.41) is 0. The van der Waals surface area contributed by atoms with Crippen molar-refractivity contribution in [3.05, 3.63) is 56.3 Å². The van der Waals surface area contributed by atoms with Crippen LogP contribution in [-0.4, -0.2) is 5.97 Å². The van der Waals surface area contributed by atoms with E-state index >= 15 is 0 Å². The Morgan fingerprint density at radius 1 is 1.12 bits per heavy atom. The maximum atomic E-state index is 11.5. The van der Waals surface area contributed by atoms with E-state index in [0.29, 0.717) is 11.1 Å². The zero-order chi connectivity index (χ0) is 12.4. The number of benzene rings is 1. The molecule has 2 aromatic rings. The largest absolute Gasteiger partial charge is 0.461 e. The molecule has 2 aromatic carbocycles. The SMILES string of the molecule is CC(=O)OCc1c(-c2ccccc2)c(=O)c1=O. The van der Waals surface area contributed by atoms with Crippen LogP contribution in [0.4, 0.5) is 0 Å². The van der Waals surface area contributed by atoms with Crippen LogP contribution in [0.1, 0.15) is 12.5 Å². The van der Waals surface area contributed by atoms with E-state index in [0.717, 1.165) is 0 Å². The van der Waals surface area contributed by atoms with Gasteiger partial charge in [-0.3, -0.25) is 14.4 Å². The lowest BCUT2D eigenvalue weighted by Gasteiger charge is -2.10. The molecule has 0 bridgehead atoms. The zero-order valence-electron chi connectivity index (χ0n) is 9.23. The van der Waals surface area contributed by atoms with Crippen LogP contribution in [0, 0.1) is 0 Å². The van der Waals surface area contributed by atoms with E-state index in [-0.39, 0.29) is 12.2 Å². The second kappa shape index (κ2) is 4.33. The molecule has 4 nitrogen and oxygen atoms in total. The average Bonchev–Trinajstić information content (AvgIpc) is 2.34. The highest BCUT2D eigenvalue weighted by Crippen LogP contribution is 2.19. The summed E-state index contributed by atoms with van der Waals surface area (Å²) in [5.74, 6) is -0.475. The summed E-state index contributed by atoms with van der Waals surface area (Å²) in [5.41, 5.74) is 0.232. The lowest BCUT2D eigenvalue weighted by Crippen LogP contribution is -2.38. The van der Waals surface area contributed by atoms with Crippen molar-refractivity contribution in [1.82, 2.24) is 0 Å². The zero-order valence-corrected chi connectivity index (χ0v) is 9.23. The lowest BCUT2D eigenvalue weighted by molar-refractivity contribution is -0.142. The molecule has 0 saturated heterocycles. The highest BCUT2D eigenvalue weighted by molar-refractivity contribution is 5.71. The highest BCUT2D eigenvalue weighted by atomic mass is 16.5. The van der Waals surface area contributed by atoms with E-state index in [1.807, 2.05) is 6.07 Å². The molecule has 0 aliphatic carbocycles. The molecular weight excluding hydrogens is 220 g/mol. The first-order valence-electron chi connectivity index (χ1n) is 5.12. The summed E-state index contributed by atoms with van der Waals surface area (Å²) < 4.78 is 4.75. The third-order valence-corrected chi connectivity index (χ3v) is 2.49. The predicted molar refractivity (Wildman–Crippen MR) is 62.3 cm³/mol. The van der Waals surface area contributed by atoms with Crippen molar-refractivity contribution in [3.63, 3.8) is 0 Å². The predicted octanol–water partition coefficient (Wildman–Crippen LogP) is 1.01. The Bertz CT molecular complexity index is 618. The van der Waals surface area contributed by atoms with Crippen molar-refractivity contribution < 1.29 is 9.53 Å². The van der Waals surface area contributed by atoms with Crippen LogP contribution >= 0.6 is 0 Å². The molecule has 0 aromatic heterocycles. The molecule has 0 heterocycles. The van der Waals surface area contributed by atoms with E-state index in [1.165, 1.54) is 6.92 Å². The highest BCUT2D eigenvalue weighted by Gasteiger charge is 2.22. The van der Waals surface area contributed by atoms with Gasteiger partial charge in [0, 0.05) is 12.5 Å². The van der Waals surface area contributed by atoms with E-state index < -0.39 is 16.8 Å². The molecule has 0 aliphatic rings. The Kier molecular flexibility index (Phi) is 2.87. The third kappa shape index (κ3) is 2.01. The number of esters is 1. The number of ether oxygens (including phenoxy) is 1. The van der Waals surface area contributed by atoms with Gasteiger partial charge in [0.1, 0.15) is 6.61 Å². The van der Waals surface area contributed by atoms with Gasteiger partial charge in [0.05, 0.1) is 5.56 Å². The molecule has 0 unspecified atom stereocenters. The Balaban J connectivity index is 2.36. The molecule has 17 heavy (non-hydrogen) atoms. The van der Waals surface area contributed by atoms with Gasteiger partial charge in [0.15, 0.2) is 0 Å². The van der Waals surface area contributed by atoms with Crippen molar-refractivity contribution in [2.75, 3.05) is 0 Å². The summed E-state index contributed by atoms with van der Waals surface area (Å²) in [6, 6.07) is 8.87. The van der Waals surface area contributed by atoms with E-state index in [9.17, 15) is 14.4 Å². The molecule has 0 atom stereocenters. The Hall–Kier alpha value is -2.23. The van der Waals surface area contributed by atoms with Gasteiger partial charge in [-0.05, 0) is 5.56 Å². The first-order chi connectivity index (χ1) is 8.11. The van der Waals surface area contributed by atoms with Crippen LogP contribution < -0.4 is 10.9 Å². The lowest BCUT2D eigenvalue weighted by atomic mass is 9.94. The minimum absolute atomic E-state index is 0.135. The van der Waals surface area contributed by atoms with Crippen molar-refractivity contribution in [2.24, 2.45) is 0 Å². The second-order valence-corrected chi connectivity index (χ2v) is 3.66. The molecule has 86 valence electrons. The van der Waals surface area contributed by atoms with Gasteiger partial charge < -0.3 is 4.74 Å². The summed E-state index contributed by atoms with van der Waals surface area (Å²) in [4.78, 5) is 33.5. The van der Waals surface area contributed by atoms with Gasteiger partial charge >= 0.3 is 5.97 Å². The quantitative estimate of drug-likeness (QED) is 0.583. The fraction of sp³-hybridized carbons (Fsp3) is 0.154. The van der Waals surface area contributed by atoms with Gasteiger partial charge in [0.2, 0.25) is 10.9 Å². The molecule has 2 rings (SSSR count). The number of rotatable bonds is 3. The van der Waals surface area contributed by atoms with Crippen LogP contribution in [0.2, 0.25) is 0 Å². The van der Waals surface area contributed by atoms with E-state index in [4.69, 9.17) is 4.74 Å². The van der Waals surface area contributed by atoms with Gasteiger partial charge in [-0.1, -0.05) is 30.3 Å². The Morgan fingerprint density at radius 3 is 2.35 bits per heavy atom. The molecule has 4 heteroatoms. The van der Waals surface area contributed by atoms with Gasteiger partial charge in [-0.2, -0.15) is 0 Å². The van der Waals surface area contributed by atoms with Crippen molar-refractivity contribution >= 4 is 5.97 Å². The normalized spacial score (nSPS) is 10.4. The Morgan fingerprint density at radius 2 is 1.76 bits per heavy atom. The monoisotopic (exact) mass is 230 g/mol. The van der Waals surface area contributed by atoms with E-state index in [1.54, 1.807) is 24.3 Å². The molecule has 0 saturated carbocycles. The van der Waals surface area contributed by atoms with E-state index in [2.05, 4.69) is 0 Å². The fourth-order valence-corrected chi connectivity index (χ4v) is 1.66. The minimum Gasteiger partial charge on any atom is -0.461 e. The van der Waals surface area contributed by atoms with Crippen LogP contribution in [0.15, 0.2) is 39.9 Å². The maximum Gasteiger partial charge on any atom is 0.302 e. The first kappa shape index (κ1) is 11.3. The van der Waals surface area contributed by atoms with Crippen LogP contribution in [0.25, 0.3) is 11.1 Å². The maximum absolute atomic E-state index is 11.5. The van der Waals surface area contributed by atoms with Crippen LogP contribution in [0.3, 0.4) is 0 Å². The number of hydrogen-bond donors (Lipinski definition) is 0. The summed E-state index contributed by atoms with van der Waals surface area (Å²) >= 11 is 0. The second-order valence-electron chi connectivity index (χ2n) is 3.66. The summed E-state index contributed by atoms with van der Waals surface area (Å²) in [6.07, 6.45) is 0. The van der Waals surface area contributed by atoms with Crippen molar-refractivity contribution in [1.29, 1.82) is 0 Å². The molecule has 0 N–H and O–H groups in total. The number of carbonyl (C=O) groups is 1. The summed E-state index contributed by atoms with van der Waals surface area (Å²) in [6.45, 7) is 1.12. The van der Waals surface area contributed by atoms with Crippen LogP contribution in [0.5, 0.6) is 0 Å².